The molecule has 0 aliphatic carbocycles. The fourth-order valence-corrected chi connectivity index (χ4v) is 4.80. The van der Waals surface area contributed by atoms with E-state index >= 15 is 0 Å². The molecule has 11 heteroatoms. The number of rotatable bonds is 8. The standard InChI is InChI=1S/C26H26Cl2FN5O3/c1-2-23(35)34-13-16(14-34)17-11-18-21(12-22(17)37-10-7-33-5-8-36-9-6-33)30-15-31-26(18)32-20-4-3-19(27)24(28)25(20)29/h2-4,11-12,15-16H,1,5-10,13-14H2,(H,30,31,32). The summed E-state index contributed by atoms with van der Waals surface area (Å²) in [6, 6.07) is 6.86. The first-order valence-electron chi connectivity index (χ1n) is 12.0. The normalized spacial score (nSPS) is 16.5. The van der Waals surface area contributed by atoms with Gasteiger partial charge in [-0.2, -0.15) is 0 Å². The van der Waals surface area contributed by atoms with Gasteiger partial charge in [-0.1, -0.05) is 29.8 Å². The number of likely N-dealkylation sites (tertiary alicyclic amines) is 1. The summed E-state index contributed by atoms with van der Waals surface area (Å²) in [7, 11) is 0. The first-order valence-corrected chi connectivity index (χ1v) is 12.7. The van der Waals surface area contributed by atoms with E-state index in [2.05, 4.69) is 26.8 Å². The molecule has 37 heavy (non-hydrogen) atoms. The maximum Gasteiger partial charge on any atom is 0.245 e. The minimum atomic E-state index is -0.665. The molecule has 1 amide bonds. The van der Waals surface area contributed by atoms with Crippen molar-refractivity contribution in [1.29, 1.82) is 0 Å². The van der Waals surface area contributed by atoms with Crippen LogP contribution in [0.2, 0.25) is 10.0 Å². The van der Waals surface area contributed by atoms with E-state index in [4.69, 9.17) is 32.7 Å². The Balaban J connectivity index is 1.45. The maximum atomic E-state index is 14.7. The van der Waals surface area contributed by atoms with E-state index in [0.717, 1.165) is 38.4 Å². The van der Waals surface area contributed by atoms with Crippen LogP contribution < -0.4 is 10.1 Å². The van der Waals surface area contributed by atoms with Crippen molar-refractivity contribution >= 4 is 51.5 Å². The number of benzene rings is 2. The maximum absolute atomic E-state index is 14.7. The fraction of sp³-hybridized carbons (Fsp3) is 0.346. The van der Waals surface area contributed by atoms with Gasteiger partial charge in [0.25, 0.3) is 0 Å². The van der Waals surface area contributed by atoms with E-state index in [9.17, 15) is 9.18 Å². The van der Waals surface area contributed by atoms with Crippen LogP contribution in [-0.2, 0) is 9.53 Å². The first kappa shape index (κ1) is 25.7. The molecule has 2 aliphatic heterocycles. The zero-order valence-corrected chi connectivity index (χ0v) is 21.6. The van der Waals surface area contributed by atoms with Crippen molar-refractivity contribution < 1.29 is 18.7 Å². The third-order valence-electron chi connectivity index (χ3n) is 6.63. The van der Waals surface area contributed by atoms with Crippen molar-refractivity contribution in [1.82, 2.24) is 19.8 Å². The highest BCUT2D eigenvalue weighted by molar-refractivity contribution is 6.42. The lowest BCUT2D eigenvalue weighted by Gasteiger charge is -2.39. The smallest absolute Gasteiger partial charge is 0.245 e. The van der Waals surface area contributed by atoms with Crippen molar-refractivity contribution in [2.75, 3.05) is 57.9 Å². The second-order valence-corrected chi connectivity index (χ2v) is 9.71. The number of morpholine rings is 1. The number of ether oxygens (including phenoxy) is 2. The summed E-state index contributed by atoms with van der Waals surface area (Å²) < 4.78 is 26.4. The Morgan fingerprint density at radius 2 is 2.03 bits per heavy atom. The number of halogens is 3. The summed E-state index contributed by atoms with van der Waals surface area (Å²) in [5.41, 5.74) is 1.73. The third-order valence-corrected chi connectivity index (χ3v) is 7.41. The molecule has 0 saturated carbocycles. The van der Waals surface area contributed by atoms with Gasteiger partial charge in [0.2, 0.25) is 5.91 Å². The average Bonchev–Trinajstić information content (AvgIpc) is 2.89. The number of carbonyl (C=O) groups is 1. The number of hydrogen-bond donors (Lipinski definition) is 1. The SMILES string of the molecule is C=CC(=O)N1CC(c2cc3c(Nc4ccc(Cl)c(Cl)c4F)ncnc3cc2OCCN2CCOCC2)C1. The number of aromatic nitrogens is 2. The third kappa shape index (κ3) is 5.50. The highest BCUT2D eigenvalue weighted by atomic mass is 35.5. The molecule has 8 nitrogen and oxygen atoms in total. The van der Waals surface area contributed by atoms with Crippen LogP contribution in [0.4, 0.5) is 15.9 Å². The van der Waals surface area contributed by atoms with Crippen LogP contribution in [0, 0.1) is 5.82 Å². The van der Waals surface area contributed by atoms with Gasteiger partial charge in [-0.3, -0.25) is 9.69 Å². The van der Waals surface area contributed by atoms with E-state index in [-0.39, 0.29) is 27.6 Å². The molecule has 194 valence electrons. The molecular weight excluding hydrogens is 520 g/mol. The second-order valence-electron chi connectivity index (χ2n) is 8.92. The Morgan fingerprint density at radius 1 is 1.24 bits per heavy atom. The van der Waals surface area contributed by atoms with E-state index in [1.165, 1.54) is 24.5 Å². The monoisotopic (exact) mass is 545 g/mol. The number of anilines is 2. The van der Waals surface area contributed by atoms with Crippen molar-refractivity contribution in [3.63, 3.8) is 0 Å². The summed E-state index contributed by atoms with van der Waals surface area (Å²) >= 11 is 11.9. The van der Waals surface area contributed by atoms with Gasteiger partial charge in [0.05, 0.1) is 34.5 Å². The molecule has 0 atom stereocenters. The molecule has 1 N–H and O–H groups in total. The number of amides is 1. The minimum Gasteiger partial charge on any atom is -0.492 e. The lowest BCUT2D eigenvalue weighted by molar-refractivity contribution is -0.130. The molecule has 3 aromatic rings. The predicted octanol–water partition coefficient (Wildman–Crippen LogP) is 4.64. The lowest BCUT2D eigenvalue weighted by Crippen LogP contribution is -2.47. The molecule has 0 spiro atoms. The Kier molecular flexibility index (Phi) is 7.76. The Bertz CT molecular complexity index is 1330. The Morgan fingerprint density at radius 3 is 2.78 bits per heavy atom. The van der Waals surface area contributed by atoms with Gasteiger partial charge in [0.15, 0.2) is 5.82 Å². The van der Waals surface area contributed by atoms with Gasteiger partial charge >= 0.3 is 0 Å². The molecule has 0 unspecified atom stereocenters. The highest BCUT2D eigenvalue weighted by Gasteiger charge is 2.33. The molecule has 5 rings (SSSR count). The number of nitrogens with one attached hydrogen (secondary N) is 1. The van der Waals surface area contributed by atoms with Crippen molar-refractivity contribution in [2.24, 2.45) is 0 Å². The zero-order chi connectivity index (χ0) is 25.9. The summed E-state index contributed by atoms with van der Waals surface area (Å²) in [5.74, 6) is 0.430. The van der Waals surface area contributed by atoms with Gasteiger partial charge in [-0.05, 0) is 24.3 Å². The molecule has 0 bridgehead atoms. The molecule has 2 aliphatic rings. The van der Waals surface area contributed by atoms with Crippen LogP contribution in [0.3, 0.4) is 0 Å². The largest absolute Gasteiger partial charge is 0.492 e. The second kappa shape index (κ2) is 11.2. The molecule has 2 aromatic carbocycles. The van der Waals surface area contributed by atoms with Crippen LogP contribution in [0.5, 0.6) is 5.75 Å². The summed E-state index contributed by atoms with van der Waals surface area (Å²) in [6.07, 6.45) is 2.73. The van der Waals surface area contributed by atoms with Gasteiger partial charge < -0.3 is 19.7 Å². The van der Waals surface area contributed by atoms with E-state index < -0.39 is 5.82 Å². The Labute approximate surface area is 224 Å². The summed E-state index contributed by atoms with van der Waals surface area (Å²) in [5, 5.41) is 3.68. The molecule has 0 radical (unpaired) electrons. The van der Waals surface area contributed by atoms with Gasteiger partial charge in [0.1, 0.15) is 24.5 Å². The molecule has 2 fully saturated rings. The number of fused-ring (bicyclic) bond motifs is 1. The van der Waals surface area contributed by atoms with Crippen LogP contribution >= 0.6 is 23.2 Å². The van der Waals surface area contributed by atoms with Crippen molar-refractivity contribution in [3.05, 3.63) is 64.7 Å². The van der Waals surface area contributed by atoms with Gasteiger partial charge in [-0.15, -0.1) is 0 Å². The summed E-state index contributed by atoms with van der Waals surface area (Å²) in [6.45, 7) is 9.16. The predicted molar refractivity (Wildman–Crippen MR) is 142 cm³/mol. The molecular formula is C26H26Cl2FN5O3. The summed E-state index contributed by atoms with van der Waals surface area (Å²) in [4.78, 5) is 24.8. The molecule has 2 saturated heterocycles. The van der Waals surface area contributed by atoms with E-state index in [0.29, 0.717) is 42.2 Å². The highest BCUT2D eigenvalue weighted by Crippen LogP contribution is 2.39. The number of carbonyl (C=O) groups excluding carboxylic acids is 1. The quantitative estimate of drug-likeness (QED) is 0.326. The van der Waals surface area contributed by atoms with Crippen LogP contribution in [0.15, 0.2) is 43.2 Å². The number of nitrogens with zero attached hydrogens (tertiary/aromatic N) is 4. The fourth-order valence-electron chi connectivity index (χ4n) is 4.49. The molecule has 1 aromatic heterocycles. The molecule has 3 heterocycles. The van der Waals surface area contributed by atoms with Crippen LogP contribution in [0.1, 0.15) is 11.5 Å². The Hall–Kier alpha value is -2.98. The van der Waals surface area contributed by atoms with Gasteiger partial charge in [0, 0.05) is 55.7 Å². The van der Waals surface area contributed by atoms with E-state index in [1.54, 1.807) is 4.90 Å². The van der Waals surface area contributed by atoms with Crippen molar-refractivity contribution in [2.45, 2.75) is 5.92 Å². The topological polar surface area (TPSA) is 79.8 Å². The van der Waals surface area contributed by atoms with Crippen LogP contribution in [-0.4, -0.2) is 78.2 Å². The van der Waals surface area contributed by atoms with Gasteiger partial charge in [-0.25, -0.2) is 14.4 Å². The minimum absolute atomic E-state index is 0.0708. The lowest BCUT2D eigenvalue weighted by atomic mass is 9.89. The van der Waals surface area contributed by atoms with Crippen molar-refractivity contribution in [3.8, 4) is 5.75 Å². The first-order chi connectivity index (χ1) is 17.9. The van der Waals surface area contributed by atoms with E-state index in [1.807, 2.05) is 12.1 Å². The van der Waals surface area contributed by atoms with Crippen LogP contribution in [0.25, 0.3) is 10.9 Å². The number of hydrogen-bond acceptors (Lipinski definition) is 7. The average molecular weight is 546 g/mol. The zero-order valence-electron chi connectivity index (χ0n) is 20.1.